The van der Waals surface area contributed by atoms with Crippen molar-refractivity contribution in [1.82, 2.24) is 5.32 Å². The minimum Gasteiger partial charge on any atom is -0.452 e. The highest BCUT2D eigenvalue weighted by Crippen LogP contribution is 2.33. The van der Waals surface area contributed by atoms with Crippen molar-refractivity contribution in [2.24, 2.45) is 0 Å². The van der Waals surface area contributed by atoms with Crippen LogP contribution in [0.1, 0.15) is 45.9 Å². The number of carbonyl (C=O) groups excluding carboxylic acids is 2. The topological polar surface area (TPSA) is 92.8 Å². The van der Waals surface area contributed by atoms with Gasteiger partial charge in [0, 0.05) is 6.54 Å². The van der Waals surface area contributed by atoms with E-state index in [1.165, 1.54) is 34.1 Å². The molecular weight excluding hydrogens is 464 g/mol. The zero-order valence-corrected chi connectivity index (χ0v) is 20.0. The predicted molar refractivity (Wildman–Crippen MR) is 132 cm³/mol. The normalized spacial score (nSPS) is 16.8. The first-order valence-corrected chi connectivity index (χ1v) is 13.1. The molecule has 0 radical (unpaired) electrons. The van der Waals surface area contributed by atoms with E-state index < -0.39 is 28.5 Å². The summed E-state index contributed by atoms with van der Waals surface area (Å²) < 4.78 is 33.1. The number of rotatable bonds is 6. The fourth-order valence-corrected chi connectivity index (χ4v) is 6.37. The molecule has 8 heteroatoms. The zero-order chi connectivity index (χ0) is 24.4. The Morgan fingerprint density at radius 1 is 0.943 bits per heavy atom. The van der Waals surface area contributed by atoms with Crippen LogP contribution in [0.25, 0.3) is 0 Å². The van der Waals surface area contributed by atoms with E-state index in [4.69, 9.17) is 4.74 Å². The van der Waals surface area contributed by atoms with Gasteiger partial charge in [-0.1, -0.05) is 48.5 Å². The van der Waals surface area contributed by atoms with Gasteiger partial charge in [-0.3, -0.25) is 9.10 Å². The predicted octanol–water partition coefficient (Wildman–Crippen LogP) is 3.79. The summed E-state index contributed by atoms with van der Waals surface area (Å²) in [6.45, 7) is -0.0885. The van der Waals surface area contributed by atoms with Gasteiger partial charge in [-0.05, 0) is 66.6 Å². The Bertz CT molecular complexity index is 1390. The molecule has 35 heavy (non-hydrogen) atoms. The van der Waals surface area contributed by atoms with Gasteiger partial charge >= 0.3 is 5.97 Å². The molecule has 1 aliphatic carbocycles. The van der Waals surface area contributed by atoms with Crippen LogP contribution in [0.15, 0.2) is 77.7 Å². The van der Waals surface area contributed by atoms with Crippen molar-refractivity contribution in [2.75, 3.05) is 17.5 Å². The number of hydrogen-bond acceptors (Lipinski definition) is 5. The first-order valence-electron chi connectivity index (χ1n) is 11.7. The molecule has 2 aliphatic rings. The van der Waals surface area contributed by atoms with Crippen LogP contribution in [0, 0.1) is 0 Å². The van der Waals surface area contributed by atoms with Gasteiger partial charge in [0.25, 0.3) is 15.9 Å². The summed E-state index contributed by atoms with van der Waals surface area (Å²) >= 11 is 0. The molecule has 0 saturated carbocycles. The number of hydrogen-bond donors (Lipinski definition) is 1. The minimum atomic E-state index is -3.84. The Labute approximate surface area is 204 Å². The molecule has 5 rings (SSSR count). The number of fused-ring (bicyclic) bond motifs is 2. The lowest BCUT2D eigenvalue weighted by Crippen LogP contribution is -2.34. The molecule has 0 bridgehead atoms. The number of carbonyl (C=O) groups is 2. The van der Waals surface area contributed by atoms with Crippen LogP contribution >= 0.6 is 0 Å². The summed E-state index contributed by atoms with van der Waals surface area (Å²) in [6.07, 6.45) is 3.43. The Morgan fingerprint density at radius 2 is 1.71 bits per heavy atom. The summed E-state index contributed by atoms with van der Waals surface area (Å²) in [5.41, 5.74) is 4.02. The fourth-order valence-electron chi connectivity index (χ4n) is 4.82. The Kier molecular flexibility index (Phi) is 6.30. The van der Waals surface area contributed by atoms with Crippen molar-refractivity contribution in [3.8, 4) is 0 Å². The van der Waals surface area contributed by atoms with Crippen molar-refractivity contribution in [1.29, 1.82) is 0 Å². The highest BCUT2D eigenvalue weighted by molar-refractivity contribution is 7.92. The maximum absolute atomic E-state index is 13.3. The number of ether oxygens (including phenoxy) is 1. The van der Waals surface area contributed by atoms with Gasteiger partial charge in [0.1, 0.15) is 0 Å². The van der Waals surface area contributed by atoms with E-state index in [1.54, 1.807) is 12.1 Å². The molecule has 0 aromatic heterocycles. The lowest BCUT2D eigenvalue weighted by Gasteiger charge is -2.26. The third kappa shape index (κ3) is 4.66. The molecular formula is C27H26N2O5S. The second-order valence-corrected chi connectivity index (χ2v) is 10.6. The number of benzene rings is 3. The number of nitrogens with zero attached hydrogens (tertiary/aromatic N) is 1. The van der Waals surface area contributed by atoms with Crippen molar-refractivity contribution in [3.05, 3.63) is 95.1 Å². The van der Waals surface area contributed by atoms with Gasteiger partial charge in [0.15, 0.2) is 6.61 Å². The van der Waals surface area contributed by atoms with Crippen LogP contribution in [0.4, 0.5) is 5.69 Å². The SMILES string of the molecule is O=C(COC(=O)c1cccc(S(=O)(=O)N2CCc3ccccc32)c1)N[C@H]1CCCc2ccccc21. The maximum Gasteiger partial charge on any atom is 0.338 e. The van der Waals surface area contributed by atoms with E-state index in [1.807, 2.05) is 30.3 Å². The summed E-state index contributed by atoms with van der Waals surface area (Å²) in [5.74, 6) is -1.14. The highest BCUT2D eigenvalue weighted by atomic mass is 32.2. The van der Waals surface area contributed by atoms with Crippen molar-refractivity contribution in [2.45, 2.75) is 36.6 Å². The number of amides is 1. The number of aryl methyl sites for hydroxylation is 1. The number of esters is 1. The van der Waals surface area contributed by atoms with Crippen LogP contribution in [0.2, 0.25) is 0 Å². The third-order valence-electron chi connectivity index (χ3n) is 6.54. The second-order valence-electron chi connectivity index (χ2n) is 8.77. The van der Waals surface area contributed by atoms with E-state index in [2.05, 4.69) is 11.4 Å². The average molecular weight is 491 g/mol. The molecule has 0 spiro atoms. The summed E-state index contributed by atoms with van der Waals surface area (Å²) in [5, 5.41) is 2.95. The van der Waals surface area contributed by atoms with Crippen molar-refractivity contribution >= 4 is 27.6 Å². The van der Waals surface area contributed by atoms with Crippen molar-refractivity contribution < 1.29 is 22.7 Å². The average Bonchev–Trinajstić information content (AvgIpc) is 3.33. The summed E-state index contributed by atoms with van der Waals surface area (Å²) in [6, 6.07) is 21.0. The number of anilines is 1. The van der Waals surface area contributed by atoms with Gasteiger partial charge in [0.2, 0.25) is 0 Å². The molecule has 1 N–H and O–H groups in total. The van der Waals surface area contributed by atoms with Crippen LogP contribution in [-0.2, 0) is 32.4 Å². The summed E-state index contributed by atoms with van der Waals surface area (Å²) in [4.78, 5) is 25.1. The summed E-state index contributed by atoms with van der Waals surface area (Å²) in [7, 11) is -3.84. The Balaban J connectivity index is 1.24. The Hall–Kier alpha value is -3.65. The molecule has 0 saturated heterocycles. The lowest BCUT2D eigenvalue weighted by molar-refractivity contribution is -0.125. The maximum atomic E-state index is 13.3. The van der Waals surface area contributed by atoms with Gasteiger partial charge in [-0.25, -0.2) is 13.2 Å². The number of nitrogens with one attached hydrogen (secondary N) is 1. The van der Waals surface area contributed by atoms with Crippen LogP contribution in [0.5, 0.6) is 0 Å². The van der Waals surface area contributed by atoms with E-state index in [9.17, 15) is 18.0 Å². The number of sulfonamides is 1. The van der Waals surface area contributed by atoms with Gasteiger partial charge < -0.3 is 10.1 Å². The molecule has 3 aromatic carbocycles. The standard InChI is InChI=1S/C27H26N2O5S/c30-26(28-24-13-6-9-19-7-1-3-12-23(19)24)18-34-27(31)21-10-5-11-22(17-21)35(32,33)29-16-15-20-8-2-4-14-25(20)29/h1-5,7-8,10-12,14,17,24H,6,9,13,15-16,18H2,(H,28,30)/t24-/m0/s1. The highest BCUT2D eigenvalue weighted by Gasteiger charge is 2.31. The minimum absolute atomic E-state index is 0.00640. The number of para-hydroxylation sites is 1. The zero-order valence-electron chi connectivity index (χ0n) is 19.1. The first kappa shape index (κ1) is 23.1. The monoisotopic (exact) mass is 490 g/mol. The van der Waals surface area contributed by atoms with E-state index in [-0.39, 0.29) is 16.5 Å². The first-order chi connectivity index (χ1) is 16.9. The largest absolute Gasteiger partial charge is 0.452 e. The molecule has 0 fully saturated rings. The van der Waals surface area contributed by atoms with Gasteiger partial charge in [-0.2, -0.15) is 0 Å². The van der Waals surface area contributed by atoms with Crippen LogP contribution < -0.4 is 9.62 Å². The smallest absolute Gasteiger partial charge is 0.338 e. The molecule has 0 unspecified atom stereocenters. The van der Waals surface area contributed by atoms with E-state index in [0.29, 0.717) is 18.7 Å². The van der Waals surface area contributed by atoms with Crippen LogP contribution in [0.3, 0.4) is 0 Å². The van der Waals surface area contributed by atoms with Gasteiger partial charge in [0.05, 0.1) is 22.2 Å². The molecule has 7 nitrogen and oxygen atoms in total. The van der Waals surface area contributed by atoms with Crippen LogP contribution in [-0.4, -0.2) is 33.4 Å². The van der Waals surface area contributed by atoms with Crippen molar-refractivity contribution in [3.63, 3.8) is 0 Å². The van der Waals surface area contributed by atoms with Gasteiger partial charge in [-0.15, -0.1) is 0 Å². The molecule has 1 amide bonds. The molecule has 1 heterocycles. The molecule has 1 atom stereocenters. The van der Waals surface area contributed by atoms with E-state index >= 15 is 0 Å². The lowest BCUT2D eigenvalue weighted by atomic mass is 9.88. The molecule has 1 aliphatic heterocycles. The fraction of sp³-hybridized carbons (Fsp3) is 0.259. The van der Waals surface area contributed by atoms with E-state index in [0.717, 1.165) is 30.4 Å². The molecule has 180 valence electrons. The third-order valence-corrected chi connectivity index (χ3v) is 8.35. The second kappa shape index (κ2) is 9.54. The quantitative estimate of drug-likeness (QED) is 0.531. The molecule has 3 aromatic rings. The Morgan fingerprint density at radius 3 is 2.57 bits per heavy atom.